The van der Waals surface area contributed by atoms with Crippen LogP contribution in [0.3, 0.4) is 0 Å². The minimum atomic E-state index is -3.75. The van der Waals surface area contributed by atoms with Gasteiger partial charge in [0.25, 0.3) is 0 Å². The first-order valence-electron chi connectivity index (χ1n) is 9.34. The van der Waals surface area contributed by atoms with Crippen molar-refractivity contribution in [1.82, 2.24) is 10.2 Å². The highest BCUT2D eigenvalue weighted by Gasteiger charge is 2.29. The van der Waals surface area contributed by atoms with Crippen molar-refractivity contribution < 1.29 is 22.7 Å². The van der Waals surface area contributed by atoms with Gasteiger partial charge < -0.3 is 15.0 Å². The first kappa shape index (κ1) is 23.2. The van der Waals surface area contributed by atoms with Gasteiger partial charge >= 0.3 is 0 Å². The zero-order valence-corrected chi connectivity index (χ0v) is 18.3. The second kappa shape index (κ2) is 10.1. The summed E-state index contributed by atoms with van der Waals surface area (Å²) < 4.78 is 30.9. The first-order valence-corrected chi connectivity index (χ1v) is 11.2. The molecule has 30 heavy (non-hydrogen) atoms. The third kappa shape index (κ3) is 5.96. The fraction of sp³-hybridized carbons (Fsp3) is 0.333. The predicted molar refractivity (Wildman–Crippen MR) is 116 cm³/mol. The lowest BCUT2D eigenvalue weighted by Gasteiger charge is -2.31. The summed E-state index contributed by atoms with van der Waals surface area (Å²) in [5, 5.41) is 2.54. The molecule has 0 aliphatic carbocycles. The van der Waals surface area contributed by atoms with Crippen LogP contribution >= 0.6 is 0 Å². The topological polar surface area (TPSA) is 96.0 Å². The second-order valence-corrected chi connectivity index (χ2v) is 8.67. The predicted octanol–water partition coefficient (Wildman–Crippen LogP) is 1.62. The van der Waals surface area contributed by atoms with Gasteiger partial charge in [-0.1, -0.05) is 30.3 Å². The Morgan fingerprint density at radius 1 is 1.07 bits per heavy atom. The highest BCUT2D eigenvalue weighted by Crippen LogP contribution is 2.22. The Kier molecular flexibility index (Phi) is 7.82. The van der Waals surface area contributed by atoms with Crippen LogP contribution in [0.25, 0.3) is 0 Å². The fourth-order valence-corrected chi connectivity index (χ4v) is 3.78. The van der Waals surface area contributed by atoms with Crippen molar-refractivity contribution in [3.05, 3.63) is 60.2 Å². The van der Waals surface area contributed by atoms with E-state index in [-0.39, 0.29) is 12.5 Å². The molecule has 8 nitrogen and oxygen atoms in total. The Bertz CT molecular complexity index is 962. The monoisotopic (exact) mass is 433 g/mol. The molecule has 1 atom stereocenters. The maximum absolute atomic E-state index is 13.2. The van der Waals surface area contributed by atoms with E-state index in [9.17, 15) is 18.0 Å². The molecule has 2 rings (SSSR count). The van der Waals surface area contributed by atoms with Crippen LogP contribution in [0, 0.1) is 0 Å². The molecule has 0 aliphatic heterocycles. The molecule has 1 unspecified atom stereocenters. The van der Waals surface area contributed by atoms with E-state index in [0.29, 0.717) is 11.4 Å². The Labute approximate surface area is 177 Å². The van der Waals surface area contributed by atoms with Crippen molar-refractivity contribution in [2.24, 2.45) is 0 Å². The molecule has 0 radical (unpaired) electrons. The largest absolute Gasteiger partial charge is 0.497 e. The molecule has 0 aliphatic rings. The summed E-state index contributed by atoms with van der Waals surface area (Å²) in [7, 11) is -0.747. The maximum atomic E-state index is 13.2. The number of ether oxygens (including phenoxy) is 1. The summed E-state index contributed by atoms with van der Waals surface area (Å²) in [6, 6.07) is 14.8. The molecule has 0 fully saturated rings. The molecule has 0 spiro atoms. The zero-order chi connectivity index (χ0) is 22.3. The molecule has 0 heterocycles. The summed E-state index contributed by atoms with van der Waals surface area (Å²) >= 11 is 0. The average molecular weight is 434 g/mol. The third-order valence-electron chi connectivity index (χ3n) is 4.65. The number of nitrogens with zero attached hydrogens (tertiary/aromatic N) is 2. The molecule has 2 aromatic rings. The number of carbonyl (C=O) groups is 2. The van der Waals surface area contributed by atoms with Gasteiger partial charge in [-0.3, -0.25) is 13.9 Å². The smallest absolute Gasteiger partial charge is 0.244 e. The molecular weight excluding hydrogens is 406 g/mol. The Morgan fingerprint density at radius 2 is 1.67 bits per heavy atom. The first-order chi connectivity index (χ1) is 14.2. The molecule has 0 saturated heterocycles. The van der Waals surface area contributed by atoms with Crippen LogP contribution in [-0.4, -0.2) is 58.1 Å². The highest BCUT2D eigenvalue weighted by atomic mass is 32.2. The number of rotatable bonds is 9. The highest BCUT2D eigenvalue weighted by molar-refractivity contribution is 7.92. The van der Waals surface area contributed by atoms with Crippen molar-refractivity contribution in [1.29, 1.82) is 0 Å². The van der Waals surface area contributed by atoms with Gasteiger partial charge in [0.2, 0.25) is 21.8 Å². The van der Waals surface area contributed by atoms with Crippen LogP contribution in [0.2, 0.25) is 0 Å². The lowest BCUT2D eigenvalue weighted by atomic mass is 10.1. The zero-order valence-electron chi connectivity index (χ0n) is 17.5. The fourth-order valence-electron chi connectivity index (χ4n) is 2.93. The van der Waals surface area contributed by atoms with Crippen LogP contribution in [-0.2, 0) is 26.2 Å². The second-order valence-electron chi connectivity index (χ2n) is 6.77. The number of likely N-dealkylation sites (N-methyl/N-ethyl adjacent to an activating group) is 1. The molecule has 0 aromatic heterocycles. The molecule has 1 N–H and O–H groups in total. The third-order valence-corrected chi connectivity index (χ3v) is 5.79. The van der Waals surface area contributed by atoms with Crippen molar-refractivity contribution in [2.75, 3.05) is 31.3 Å². The van der Waals surface area contributed by atoms with Crippen molar-refractivity contribution >= 4 is 27.5 Å². The number of anilines is 1. The van der Waals surface area contributed by atoms with Gasteiger partial charge in [0.15, 0.2) is 0 Å². The minimum absolute atomic E-state index is 0.175. The van der Waals surface area contributed by atoms with Crippen LogP contribution < -0.4 is 14.4 Å². The number of amides is 2. The molecular formula is C21H27N3O5S. The Hall–Kier alpha value is -3.07. The average Bonchev–Trinajstić information content (AvgIpc) is 2.74. The Balaban J connectivity index is 2.34. The lowest BCUT2D eigenvalue weighted by molar-refractivity contribution is -0.139. The van der Waals surface area contributed by atoms with Gasteiger partial charge in [0, 0.05) is 13.6 Å². The standard InChI is InChI=1S/C21H27N3O5S/c1-16(21(26)22-2)23(14-17-8-6-5-7-9-17)20(25)15-24(30(4,27)28)18-10-12-19(29-3)13-11-18/h5-13,16H,14-15H2,1-4H3,(H,22,26). The maximum Gasteiger partial charge on any atom is 0.244 e. The van der Waals surface area contributed by atoms with Crippen molar-refractivity contribution in [3.8, 4) is 5.75 Å². The summed E-state index contributed by atoms with van der Waals surface area (Å²) in [4.78, 5) is 26.8. The normalized spacial score (nSPS) is 12.0. The Morgan fingerprint density at radius 3 is 2.17 bits per heavy atom. The summed E-state index contributed by atoms with van der Waals surface area (Å²) in [5.74, 6) is -0.261. The summed E-state index contributed by atoms with van der Waals surface area (Å²) in [6.07, 6.45) is 1.04. The van der Waals surface area contributed by atoms with Gasteiger partial charge in [-0.25, -0.2) is 8.42 Å². The van der Waals surface area contributed by atoms with Crippen LogP contribution in [0.5, 0.6) is 5.75 Å². The molecule has 0 bridgehead atoms. The van der Waals surface area contributed by atoms with E-state index in [4.69, 9.17) is 4.74 Å². The number of benzene rings is 2. The van der Waals surface area contributed by atoms with E-state index in [0.717, 1.165) is 16.1 Å². The van der Waals surface area contributed by atoms with Crippen LogP contribution in [0.15, 0.2) is 54.6 Å². The van der Waals surface area contributed by atoms with E-state index in [2.05, 4.69) is 5.32 Å². The van der Waals surface area contributed by atoms with Gasteiger partial charge in [-0.2, -0.15) is 0 Å². The number of hydrogen-bond donors (Lipinski definition) is 1. The van der Waals surface area contributed by atoms with Crippen molar-refractivity contribution in [3.63, 3.8) is 0 Å². The van der Waals surface area contributed by atoms with Crippen molar-refractivity contribution in [2.45, 2.75) is 19.5 Å². The molecule has 2 amide bonds. The molecule has 2 aromatic carbocycles. The summed E-state index contributed by atoms with van der Waals surface area (Å²) in [6.45, 7) is 1.35. The van der Waals surface area contributed by atoms with Gasteiger partial charge in [-0.15, -0.1) is 0 Å². The lowest BCUT2D eigenvalue weighted by Crippen LogP contribution is -2.50. The quantitative estimate of drug-likeness (QED) is 0.648. The van der Waals surface area contributed by atoms with E-state index in [1.807, 2.05) is 30.3 Å². The number of sulfonamides is 1. The number of methoxy groups -OCH3 is 1. The van der Waals surface area contributed by atoms with Gasteiger partial charge in [-0.05, 0) is 36.8 Å². The van der Waals surface area contributed by atoms with Crippen LogP contribution in [0.4, 0.5) is 5.69 Å². The molecule has 0 saturated carbocycles. The summed E-state index contributed by atoms with van der Waals surface area (Å²) in [5.41, 5.74) is 1.16. The van der Waals surface area contributed by atoms with E-state index in [1.54, 1.807) is 31.2 Å². The number of carbonyl (C=O) groups excluding carboxylic acids is 2. The minimum Gasteiger partial charge on any atom is -0.497 e. The molecule has 162 valence electrons. The van der Waals surface area contributed by atoms with E-state index in [1.165, 1.54) is 19.1 Å². The number of hydrogen-bond acceptors (Lipinski definition) is 5. The SMILES string of the molecule is CNC(=O)C(C)N(Cc1ccccc1)C(=O)CN(c1ccc(OC)cc1)S(C)(=O)=O. The molecule has 9 heteroatoms. The van der Waals surface area contributed by atoms with E-state index < -0.39 is 28.5 Å². The number of nitrogens with one attached hydrogen (secondary N) is 1. The van der Waals surface area contributed by atoms with Gasteiger partial charge in [0.1, 0.15) is 18.3 Å². The van der Waals surface area contributed by atoms with Gasteiger partial charge in [0.05, 0.1) is 19.1 Å². The van der Waals surface area contributed by atoms with E-state index >= 15 is 0 Å². The van der Waals surface area contributed by atoms with Crippen LogP contribution in [0.1, 0.15) is 12.5 Å².